The second-order valence-electron chi connectivity index (χ2n) is 6.83. The van der Waals surface area contributed by atoms with E-state index in [9.17, 15) is 0 Å². The molecule has 5 heteroatoms. The van der Waals surface area contributed by atoms with E-state index in [-0.39, 0.29) is 0 Å². The fourth-order valence-electron chi connectivity index (χ4n) is 3.91. The standard InChI is InChI=1S/C19H25N5/c1-2-12-23(13-3-1)17-8-14-24(15-9-17)19-5-4-18(21-22-19)16-6-10-20-11-7-16/h4-7,10-11,17H,1-3,8-9,12-15H2. The summed E-state index contributed by atoms with van der Waals surface area (Å²) in [6.45, 7) is 4.77. The third-order valence-electron chi connectivity index (χ3n) is 5.32. The molecule has 2 aromatic heterocycles. The fourth-order valence-corrected chi connectivity index (χ4v) is 3.91. The summed E-state index contributed by atoms with van der Waals surface area (Å²) in [5, 5.41) is 8.86. The molecule has 2 fully saturated rings. The number of piperidine rings is 2. The van der Waals surface area contributed by atoms with Crippen LogP contribution in [0.3, 0.4) is 0 Å². The van der Waals surface area contributed by atoms with E-state index in [1.54, 1.807) is 12.4 Å². The first-order chi connectivity index (χ1) is 11.9. The molecular formula is C19H25N5. The molecule has 0 aliphatic carbocycles. The van der Waals surface area contributed by atoms with Crippen LogP contribution in [0.15, 0.2) is 36.7 Å². The summed E-state index contributed by atoms with van der Waals surface area (Å²) in [6, 6.07) is 8.87. The first kappa shape index (κ1) is 15.5. The molecule has 0 radical (unpaired) electrons. The molecule has 24 heavy (non-hydrogen) atoms. The third kappa shape index (κ3) is 3.41. The maximum absolute atomic E-state index is 4.46. The van der Waals surface area contributed by atoms with E-state index in [0.29, 0.717) is 0 Å². The Morgan fingerprint density at radius 3 is 2.21 bits per heavy atom. The van der Waals surface area contributed by atoms with Crippen molar-refractivity contribution >= 4 is 5.82 Å². The number of likely N-dealkylation sites (tertiary alicyclic amines) is 1. The minimum absolute atomic E-state index is 0.769. The van der Waals surface area contributed by atoms with Crippen molar-refractivity contribution in [1.82, 2.24) is 20.1 Å². The Bertz CT molecular complexity index is 629. The van der Waals surface area contributed by atoms with Crippen LogP contribution in [0.5, 0.6) is 0 Å². The van der Waals surface area contributed by atoms with Crippen molar-refractivity contribution in [2.45, 2.75) is 38.1 Å². The first-order valence-electron chi connectivity index (χ1n) is 9.13. The minimum atomic E-state index is 0.769. The van der Waals surface area contributed by atoms with Gasteiger partial charge in [-0.2, -0.15) is 0 Å². The largest absolute Gasteiger partial charge is 0.355 e. The molecule has 0 aromatic carbocycles. The molecule has 0 atom stereocenters. The zero-order valence-corrected chi connectivity index (χ0v) is 14.1. The number of rotatable bonds is 3. The zero-order chi connectivity index (χ0) is 16.2. The summed E-state index contributed by atoms with van der Waals surface area (Å²) in [5.41, 5.74) is 1.97. The van der Waals surface area contributed by atoms with E-state index in [2.05, 4.69) is 37.1 Å². The predicted molar refractivity (Wildman–Crippen MR) is 95.9 cm³/mol. The van der Waals surface area contributed by atoms with Gasteiger partial charge < -0.3 is 9.80 Å². The molecule has 0 unspecified atom stereocenters. The summed E-state index contributed by atoms with van der Waals surface area (Å²) in [5.74, 6) is 1.00. The van der Waals surface area contributed by atoms with E-state index >= 15 is 0 Å². The SMILES string of the molecule is c1cc(-c2ccc(N3CCC(N4CCCCC4)CC3)nn2)ccn1. The number of hydrogen-bond acceptors (Lipinski definition) is 5. The van der Waals surface area contributed by atoms with Crippen LogP contribution < -0.4 is 4.90 Å². The summed E-state index contributed by atoms with van der Waals surface area (Å²) < 4.78 is 0. The molecule has 5 nitrogen and oxygen atoms in total. The molecule has 2 saturated heterocycles. The molecular weight excluding hydrogens is 298 g/mol. The Balaban J connectivity index is 1.37. The van der Waals surface area contributed by atoms with Crippen molar-refractivity contribution in [3.8, 4) is 11.3 Å². The van der Waals surface area contributed by atoms with Gasteiger partial charge in [0, 0.05) is 37.1 Å². The Morgan fingerprint density at radius 1 is 0.792 bits per heavy atom. The van der Waals surface area contributed by atoms with E-state index in [4.69, 9.17) is 0 Å². The maximum atomic E-state index is 4.46. The van der Waals surface area contributed by atoms with Crippen molar-refractivity contribution in [2.75, 3.05) is 31.1 Å². The van der Waals surface area contributed by atoms with Crippen LogP contribution in [0, 0.1) is 0 Å². The normalized spacial score (nSPS) is 20.2. The van der Waals surface area contributed by atoms with Crippen LogP contribution >= 0.6 is 0 Å². The Morgan fingerprint density at radius 2 is 1.54 bits per heavy atom. The molecule has 4 rings (SSSR count). The monoisotopic (exact) mass is 323 g/mol. The van der Waals surface area contributed by atoms with E-state index in [0.717, 1.165) is 36.2 Å². The number of anilines is 1. The van der Waals surface area contributed by atoms with Gasteiger partial charge in [-0.25, -0.2) is 0 Å². The minimum Gasteiger partial charge on any atom is -0.355 e. The molecule has 2 aromatic rings. The van der Waals surface area contributed by atoms with Crippen LogP contribution in [0.2, 0.25) is 0 Å². The second-order valence-corrected chi connectivity index (χ2v) is 6.83. The van der Waals surface area contributed by atoms with Gasteiger partial charge in [-0.3, -0.25) is 4.98 Å². The van der Waals surface area contributed by atoms with E-state index in [1.807, 2.05) is 12.1 Å². The van der Waals surface area contributed by atoms with Crippen LogP contribution in [0.25, 0.3) is 11.3 Å². The molecule has 2 aliphatic heterocycles. The van der Waals surface area contributed by atoms with Crippen molar-refractivity contribution in [1.29, 1.82) is 0 Å². The van der Waals surface area contributed by atoms with Gasteiger partial charge in [-0.05, 0) is 63.0 Å². The molecule has 126 valence electrons. The van der Waals surface area contributed by atoms with Crippen molar-refractivity contribution in [3.63, 3.8) is 0 Å². The highest BCUT2D eigenvalue weighted by atomic mass is 15.3. The lowest BCUT2D eigenvalue weighted by Gasteiger charge is -2.40. The van der Waals surface area contributed by atoms with Gasteiger partial charge in [0.2, 0.25) is 0 Å². The molecule has 0 N–H and O–H groups in total. The van der Waals surface area contributed by atoms with Gasteiger partial charge in [0.05, 0.1) is 5.69 Å². The van der Waals surface area contributed by atoms with Crippen molar-refractivity contribution in [2.24, 2.45) is 0 Å². The average molecular weight is 323 g/mol. The molecule has 0 spiro atoms. The van der Waals surface area contributed by atoms with Crippen LogP contribution in [0.4, 0.5) is 5.82 Å². The maximum Gasteiger partial charge on any atom is 0.151 e. The fraction of sp³-hybridized carbons (Fsp3) is 0.526. The van der Waals surface area contributed by atoms with Gasteiger partial charge in [-0.15, -0.1) is 10.2 Å². The topological polar surface area (TPSA) is 45.2 Å². The zero-order valence-electron chi connectivity index (χ0n) is 14.1. The summed E-state index contributed by atoms with van der Waals surface area (Å²) >= 11 is 0. The molecule has 0 bridgehead atoms. The lowest BCUT2D eigenvalue weighted by molar-refractivity contribution is 0.141. The van der Waals surface area contributed by atoms with E-state index in [1.165, 1.54) is 45.2 Å². The smallest absolute Gasteiger partial charge is 0.151 e. The van der Waals surface area contributed by atoms with Crippen LogP contribution in [-0.4, -0.2) is 52.3 Å². The summed E-state index contributed by atoms with van der Waals surface area (Å²) in [6.07, 6.45) is 10.2. The van der Waals surface area contributed by atoms with Gasteiger partial charge >= 0.3 is 0 Å². The Labute approximate surface area is 143 Å². The Kier molecular flexibility index (Phi) is 4.69. The van der Waals surface area contributed by atoms with Gasteiger partial charge in [0.25, 0.3) is 0 Å². The Hall–Kier alpha value is -2.01. The highest BCUT2D eigenvalue weighted by molar-refractivity contribution is 5.58. The van der Waals surface area contributed by atoms with Gasteiger partial charge in [-0.1, -0.05) is 6.42 Å². The second kappa shape index (κ2) is 7.26. The quantitative estimate of drug-likeness (QED) is 0.869. The number of hydrogen-bond donors (Lipinski definition) is 0. The first-order valence-corrected chi connectivity index (χ1v) is 9.13. The van der Waals surface area contributed by atoms with Crippen molar-refractivity contribution in [3.05, 3.63) is 36.7 Å². The van der Waals surface area contributed by atoms with Crippen LogP contribution in [0.1, 0.15) is 32.1 Å². The van der Waals surface area contributed by atoms with Crippen molar-refractivity contribution < 1.29 is 0 Å². The lowest BCUT2D eigenvalue weighted by atomic mass is 10.00. The number of nitrogens with zero attached hydrogens (tertiary/aromatic N) is 5. The summed E-state index contributed by atoms with van der Waals surface area (Å²) in [4.78, 5) is 9.13. The lowest BCUT2D eigenvalue weighted by Crippen LogP contribution is -2.47. The van der Waals surface area contributed by atoms with Gasteiger partial charge in [0.1, 0.15) is 0 Å². The van der Waals surface area contributed by atoms with Gasteiger partial charge in [0.15, 0.2) is 5.82 Å². The highest BCUT2D eigenvalue weighted by Crippen LogP contribution is 2.24. The predicted octanol–water partition coefficient (Wildman–Crippen LogP) is 2.99. The highest BCUT2D eigenvalue weighted by Gasteiger charge is 2.26. The summed E-state index contributed by atoms with van der Waals surface area (Å²) in [7, 11) is 0. The van der Waals surface area contributed by atoms with E-state index < -0.39 is 0 Å². The number of pyridine rings is 1. The third-order valence-corrected chi connectivity index (χ3v) is 5.32. The molecule has 0 amide bonds. The number of aromatic nitrogens is 3. The van der Waals surface area contributed by atoms with Crippen LogP contribution in [-0.2, 0) is 0 Å². The molecule has 4 heterocycles. The molecule has 0 saturated carbocycles. The molecule has 2 aliphatic rings. The average Bonchev–Trinajstić information content (AvgIpc) is 2.70.